The van der Waals surface area contributed by atoms with Crippen molar-refractivity contribution in [2.45, 2.75) is 88.5 Å². The van der Waals surface area contributed by atoms with Gasteiger partial charge in [0.1, 0.15) is 0 Å². The van der Waals surface area contributed by atoms with Crippen molar-refractivity contribution in [3.8, 4) is 0 Å². The van der Waals surface area contributed by atoms with E-state index in [4.69, 9.17) is 0 Å². The van der Waals surface area contributed by atoms with E-state index >= 15 is 0 Å². The molecule has 6 heteroatoms. The zero-order chi connectivity index (χ0) is 15.9. The molecule has 2 rings (SSSR count). The van der Waals surface area contributed by atoms with Crippen LogP contribution in [0.25, 0.3) is 0 Å². The monoisotopic (exact) mass is 312 g/mol. The first kappa shape index (κ1) is 17.2. The Balaban J connectivity index is 1.65. The molecule has 0 aromatic rings. The summed E-state index contributed by atoms with van der Waals surface area (Å²) in [5.41, 5.74) is 0. The van der Waals surface area contributed by atoms with Gasteiger partial charge in [-0.05, 0) is 25.7 Å². The Morgan fingerprint density at radius 2 is 1.09 bits per heavy atom. The van der Waals surface area contributed by atoms with E-state index < -0.39 is 12.2 Å². The first-order valence-electron chi connectivity index (χ1n) is 8.51. The van der Waals surface area contributed by atoms with Gasteiger partial charge in [0.15, 0.2) is 0 Å². The van der Waals surface area contributed by atoms with Gasteiger partial charge < -0.3 is 20.8 Å². The molecule has 2 aliphatic carbocycles. The summed E-state index contributed by atoms with van der Waals surface area (Å²) in [4.78, 5) is 23.7. The zero-order valence-corrected chi connectivity index (χ0v) is 13.1. The largest absolute Gasteiger partial charge is 0.391 e. The number of hydrogen-bond acceptors (Lipinski definition) is 4. The second-order valence-electron chi connectivity index (χ2n) is 6.55. The minimum atomic E-state index is -0.469. The lowest BCUT2D eigenvalue weighted by Crippen LogP contribution is -2.46. The smallest absolute Gasteiger partial charge is 0.220 e. The molecule has 126 valence electrons. The van der Waals surface area contributed by atoms with Crippen molar-refractivity contribution in [2.75, 3.05) is 0 Å². The van der Waals surface area contributed by atoms with Crippen molar-refractivity contribution in [1.82, 2.24) is 10.6 Å². The highest BCUT2D eigenvalue weighted by atomic mass is 16.3. The lowest BCUT2D eigenvalue weighted by atomic mass is 9.92. The average molecular weight is 312 g/mol. The fourth-order valence-corrected chi connectivity index (χ4v) is 3.34. The standard InChI is InChI=1S/C16H28N2O4/c19-13-7-3-1-5-11(13)17-15(21)9-10-16(22)18-12-6-2-4-8-14(12)20/h11-14,19-20H,1-10H2,(H,17,21)(H,18,22)/t11-,12-,13-,14+/m1/s1. The van der Waals surface area contributed by atoms with E-state index in [-0.39, 0.29) is 36.7 Å². The van der Waals surface area contributed by atoms with Crippen molar-refractivity contribution >= 4 is 11.8 Å². The van der Waals surface area contributed by atoms with Crippen LogP contribution in [0.4, 0.5) is 0 Å². The van der Waals surface area contributed by atoms with Crippen LogP contribution in [0.3, 0.4) is 0 Å². The van der Waals surface area contributed by atoms with Crippen molar-refractivity contribution < 1.29 is 19.8 Å². The molecule has 0 aliphatic heterocycles. The first-order valence-corrected chi connectivity index (χ1v) is 8.51. The minimum absolute atomic E-state index is 0.123. The summed E-state index contributed by atoms with van der Waals surface area (Å²) < 4.78 is 0. The van der Waals surface area contributed by atoms with Crippen LogP contribution in [0.1, 0.15) is 64.2 Å². The molecule has 0 unspecified atom stereocenters. The highest BCUT2D eigenvalue weighted by Gasteiger charge is 2.26. The van der Waals surface area contributed by atoms with Gasteiger partial charge in [-0.2, -0.15) is 0 Å². The van der Waals surface area contributed by atoms with Gasteiger partial charge in [-0.15, -0.1) is 0 Å². The molecule has 2 amide bonds. The molecule has 0 aromatic heterocycles. The van der Waals surface area contributed by atoms with Crippen molar-refractivity contribution in [1.29, 1.82) is 0 Å². The van der Waals surface area contributed by atoms with E-state index in [1.165, 1.54) is 0 Å². The maximum atomic E-state index is 11.9. The normalized spacial score (nSPS) is 32.3. The second kappa shape index (κ2) is 8.48. The van der Waals surface area contributed by atoms with E-state index in [1.54, 1.807) is 0 Å². The van der Waals surface area contributed by atoms with Gasteiger partial charge in [-0.3, -0.25) is 9.59 Å². The summed E-state index contributed by atoms with van der Waals surface area (Å²) in [7, 11) is 0. The predicted octanol–water partition coefficient (Wildman–Crippen LogP) is 0.606. The molecule has 2 aliphatic rings. The van der Waals surface area contributed by atoms with Crippen LogP contribution in [0.2, 0.25) is 0 Å². The Kier molecular flexibility index (Phi) is 6.64. The van der Waals surface area contributed by atoms with E-state index in [1.807, 2.05) is 0 Å². The summed E-state index contributed by atoms with van der Waals surface area (Å²) >= 11 is 0. The van der Waals surface area contributed by atoms with Crippen LogP contribution in [0.5, 0.6) is 0 Å². The minimum Gasteiger partial charge on any atom is -0.391 e. The van der Waals surface area contributed by atoms with Crippen molar-refractivity contribution in [3.05, 3.63) is 0 Å². The number of hydrogen-bond donors (Lipinski definition) is 4. The second-order valence-corrected chi connectivity index (χ2v) is 6.55. The number of carbonyl (C=O) groups is 2. The van der Waals surface area contributed by atoms with E-state index in [0.717, 1.165) is 51.4 Å². The highest BCUT2D eigenvalue weighted by Crippen LogP contribution is 2.19. The topological polar surface area (TPSA) is 98.7 Å². The van der Waals surface area contributed by atoms with Crippen LogP contribution in [0, 0.1) is 0 Å². The lowest BCUT2D eigenvalue weighted by molar-refractivity contribution is -0.128. The van der Waals surface area contributed by atoms with Crippen LogP contribution in [-0.2, 0) is 9.59 Å². The Morgan fingerprint density at radius 3 is 1.45 bits per heavy atom. The van der Waals surface area contributed by atoms with Crippen LogP contribution in [0.15, 0.2) is 0 Å². The zero-order valence-electron chi connectivity index (χ0n) is 13.1. The summed E-state index contributed by atoms with van der Waals surface area (Å²) in [6.45, 7) is 0. The van der Waals surface area contributed by atoms with Gasteiger partial charge in [-0.1, -0.05) is 25.7 Å². The van der Waals surface area contributed by atoms with Gasteiger partial charge in [0, 0.05) is 12.8 Å². The molecule has 2 fully saturated rings. The molecule has 0 spiro atoms. The van der Waals surface area contributed by atoms with Crippen LogP contribution in [-0.4, -0.2) is 46.3 Å². The van der Waals surface area contributed by atoms with E-state index in [0.29, 0.717) is 0 Å². The van der Waals surface area contributed by atoms with Crippen molar-refractivity contribution in [2.24, 2.45) is 0 Å². The SMILES string of the molecule is O=C(CCC(=O)N[C@@H]1CCCC[C@@H]1O)N[C@@H]1CCCC[C@H]1O. The number of rotatable bonds is 5. The molecule has 0 heterocycles. The summed E-state index contributed by atoms with van der Waals surface area (Å²) in [5.74, 6) is -0.379. The summed E-state index contributed by atoms with van der Waals surface area (Å²) in [6.07, 6.45) is 6.39. The molecule has 2 saturated carbocycles. The predicted molar refractivity (Wildman–Crippen MR) is 82.0 cm³/mol. The van der Waals surface area contributed by atoms with Crippen molar-refractivity contribution in [3.63, 3.8) is 0 Å². The summed E-state index contributed by atoms with van der Waals surface area (Å²) in [5, 5.41) is 25.3. The molecule has 4 atom stereocenters. The highest BCUT2D eigenvalue weighted by molar-refractivity contribution is 5.84. The van der Waals surface area contributed by atoms with Crippen LogP contribution < -0.4 is 10.6 Å². The summed E-state index contributed by atoms with van der Waals surface area (Å²) in [6, 6.07) is -0.353. The third-order valence-corrected chi connectivity index (χ3v) is 4.73. The van der Waals surface area contributed by atoms with Gasteiger partial charge in [0.05, 0.1) is 24.3 Å². The molecular weight excluding hydrogens is 284 g/mol. The number of aliphatic hydroxyl groups is 2. The quantitative estimate of drug-likeness (QED) is 0.597. The van der Waals surface area contributed by atoms with Crippen LogP contribution >= 0.6 is 0 Å². The third-order valence-electron chi connectivity index (χ3n) is 4.73. The Labute approximate surface area is 131 Å². The first-order chi connectivity index (χ1) is 10.6. The molecule has 4 N–H and O–H groups in total. The molecule has 0 bridgehead atoms. The molecule has 0 aromatic carbocycles. The molecular formula is C16H28N2O4. The lowest BCUT2D eigenvalue weighted by Gasteiger charge is -2.29. The maximum Gasteiger partial charge on any atom is 0.220 e. The fourth-order valence-electron chi connectivity index (χ4n) is 3.34. The maximum absolute atomic E-state index is 11.9. The van der Waals surface area contributed by atoms with E-state index in [2.05, 4.69) is 10.6 Å². The Morgan fingerprint density at radius 1 is 0.727 bits per heavy atom. The average Bonchev–Trinajstić information content (AvgIpc) is 2.50. The molecule has 22 heavy (non-hydrogen) atoms. The van der Waals surface area contributed by atoms with Gasteiger partial charge >= 0.3 is 0 Å². The third kappa shape index (κ3) is 5.25. The Hall–Kier alpha value is -1.14. The van der Waals surface area contributed by atoms with E-state index in [9.17, 15) is 19.8 Å². The van der Waals surface area contributed by atoms with Gasteiger partial charge in [-0.25, -0.2) is 0 Å². The molecule has 0 saturated heterocycles. The molecule has 0 radical (unpaired) electrons. The molecule has 6 nitrogen and oxygen atoms in total. The van der Waals surface area contributed by atoms with Gasteiger partial charge in [0.2, 0.25) is 11.8 Å². The number of amides is 2. The number of nitrogens with one attached hydrogen (secondary N) is 2. The fraction of sp³-hybridized carbons (Fsp3) is 0.875. The number of aliphatic hydroxyl groups excluding tert-OH is 2. The van der Waals surface area contributed by atoms with Gasteiger partial charge in [0.25, 0.3) is 0 Å². The number of carbonyl (C=O) groups excluding carboxylic acids is 2. The Bertz CT molecular complexity index is 352.